The Kier molecular flexibility index (Phi) is 3.02. The molecule has 1 N–H and O–H groups in total. The van der Waals surface area contributed by atoms with E-state index in [9.17, 15) is 0 Å². The van der Waals surface area contributed by atoms with Crippen molar-refractivity contribution in [2.75, 3.05) is 5.32 Å². The van der Waals surface area contributed by atoms with E-state index in [0.717, 1.165) is 18.3 Å². The Morgan fingerprint density at radius 1 is 0.952 bits per heavy atom. The average Bonchev–Trinajstić information content (AvgIpc) is 2.79. The fourth-order valence-corrected chi connectivity index (χ4v) is 3.79. The minimum Gasteiger partial charge on any atom is -0.382 e. The molecule has 4 rings (SSSR count). The number of fused-ring (bicyclic) bond motifs is 3. The van der Waals surface area contributed by atoms with Gasteiger partial charge in [-0.1, -0.05) is 44.2 Å². The van der Waals surface area contributed by atoms with Crippen LogP contribution in [0.3, 0.4) is 0 Å². The zero-order valence-corrected chi connectivity index (χ0v) is 12.9. The molecule has 1 nitrogen and oxygen atoms in total. The first kappa shape index (κ1) is 12.9. The topological polar surface area (TPSA) is 12.0 Å². The third-order valence-corrected chi connectivity index (χ3v) is 5.28. The van der Waals surface area contributed by atoms with Crippen LogP contribution in [0.25, 0.3) is 11.1 Å². The van der Waals surface area contributed by atoms with E-state index < -0.39 is 0 Å². The summed E-state index contributed by atoms with van der Waals surface area (Å²) in [6.07, 6.45) is 3.74. The van der Waals surface area contributed by atoms with Gasteiger partial charge in [0, 0.05) is 11.7 Å². The molecule has 0 spiro atoms. The van der Waals surface area contributed by atoms with Crippen LogP contribution in [0.2, 0.25) is 0 Å². The quantitative estimate of drug-likeness (QED) is 0.702. The number of rotatable bonds is 3. The van der Waals surface area contributed by atoms with Crippen LogP contribution in [0.1, 0.15) is 37.8 Å². The Bertz CT molecular complexity index is 665. The van der Waals surface area contributed by atoms with Crippen molar-refractivity contribution in [3.8, 4) is 11.1 Å². The van der Waals surface area contributed by atoms with Crippen LogP contribution in [0, 0.1) is 11.8 Å². The summed E-state index contributed by atoms with van der Waals surface area (Å²) in [5.74, 6) is 1.75. The third kappa shape index (κ3) is 2.25. The SMILES string of the molecule is CC(C)C1CC(Nc2ccc3c(c2)Cc2ccccc2-3)C1. The van der Waals surface area contributed by atoms with Gasteiger partial charge >= 0.3 is 0 Å². The second kappa shape index (κ2) is 4.91. The van der Waals surface area contributed by atoms with Gasteiger partial charge in [0.25, 0.3) is 0 Å². The van der Waals surface area contributed by atoms with Crippen LogP contribution >= 0.6 is 0 Å². The highest BCUT2D eigenvalue weighted by atomic mass is 14.9. The molecule has 0 saturated heterocycles. The van der Waals surface area contributed by atoms with Crippen LogP contribution in [0.5, 0.6) is 0 Å². The van der Waals surface area contributed by atoms with Crippen LogP contribution in [-0.4, -0.2) is 6.04 Å². The number of benzene rings is 2. The minimum absolute atomic E-state index is 0.680. The second-order valence-electron chi connectivity index (χ2n) is 7.02. The molecule has 0 atom stereocenters. The van der Waals surface area contributed by atoms with Crippen molar-refractivity contribution < 1.29 is 0 Å². The molecule has 0 aliphatic heterocycles. The Balaban J connectivity index is 1.49. The Morgan fingerprint density at radius 2 is 1.71 bits per heavy atom. The maximum absolute atomic E-state index is 3.72. The lowest BCUT2D eigenvalue weighted by Gasteiger charge is -2.39. The zero-order chi connectivity index (χ0) is 14.4. The van der Waals surface area contributed by atoms with Gasteiger partial charge in [-0.05, 0) is 65.5 Å². The van der Waals surface area contributed by atoms with Gasteiger partial charge in [-0.3, -0.25) is 0 Å². The summed E-state index contributed by atoms with van der Waals surface area (Å²) in [6.45, 7) is 4.68. The second-order valence-corrected chi connectivity index (χ2v) is 7.02. The first-order valence-electron chi connectivity index (χ1n) is 8.18. The summed E-state index contributed by atoms with van der Waals surface area (Å²) in [4.78, 5) is 0. The van der Waals surface area contributed by atoms with Gasteiger partial charge < -0.3 is 5.32 Å². The number of anilines is 1. The molecule has 2 aliphatic rings. The smallest absolute Gasteiger partial charge is 0.0345 e. The van der Waals surface area contributed by atoms with E-state index in [4.69, 9.17) is 0 Å². The maximum atomic E-state index is 3.72. The van der Waals surface area contributed by atoms with Crippen molar-refractivity contribution in [2.45, 2.75) is 39.2 Å². The van der Waals surface area contributed by atoms with Gasteiger partial charge in [0.1, 0.15) is 0 Å². The molecule has 2 aliphatic carbocycles. The lowest BCUT2D eigenvalue weighted by atomic mass is 9.73. The maximum Gasteiger partial charge on any atom is 0.0345 e. The zero-order valence-electron chi connectivity index (χ0n) is 12.9. The van der Waals surface area contributed by atoms with Crippen molar-refractivity contribution >= 4 is 5.69 Å². The number of nitrogens with one attached hydrogen (secondary N) is 1. The molecule has 21 heavy (non-hydrogen) atoms. The summed E-state index contributed by atoms with van der Waals surface area (Å²) < 4.78 is 0. The van der Waals surface area contributed by atoms with Crippen molar-refractivity contribution in [3.05, 3.63) is 53.6 Å². The summed E-state index contributed by atoms with van der Waals surface area (Å²) in [7, 11) is 0. The molecule has 0 unspecified atom stereocenters. The molecule has 0 bridgehead atoms. The summed E-state index contributed by atoms with van der Waals surface area (Å²) in [5, 5.41) is 3.72. The van der Waals surface area contributed by atoms with Crippen LogP contribution in [0.15, 0.2) is 42.5 Å². The van der Waals surface area contributed by atoms with Crippen molar-refractivity contribution in [1.82, 2.24) is 0 Å². The van der Waals surface area contributed by atoms with E-state index in [1.54, 1.807) is 0 Å². The van der Waals surface area contributed by atoms with E-state index in [0.29, 0.717) is 6.04 Å². The highest BCUT2D eigenvalue weighted by Gasteiger charge is 2.31. The van der Waals surface area contributed by atoms with E-state index in [1.165, 1.54) is 40.8 Å². The Labute approximate surface area is 127 Å². The molecule has 0 aromatic heterocycles. The van der Waals surface area contributed by atoms with E-state index in [-0.39, 0.29) is 0 Å². The molecule has 2 aromatic carbocycles. The normalized spacial score (nSPS) is 22.6. The predicted molar refractivity (Wildman–Crippen MR) is 89.7 cm³/mol. The van der Waals surface area contributed by atoms with Crippen LogP contribution in [-0.2, 0) is 6.42 Å². The molecule has 0 amide bonds. The molecule has 1 saturated carbocycles. The number of hydrogen-bond acceptors (Lipinski definition) is 1. The minimum atomic E-state index is 0.680. The van der Waals surface area contributed by atoms with Crippen molar-refractivity contribution in [1.29, 1.82) is 0 Å². The van der Waals surface area contributed by atoms with Gasteiger partial charge in [-0.25, -0.2) is 0 Å². The Hall–Kier alpha value is -1.76. The molecule has 108 valence electrons. The van der Waals surface area contributed by atoms with Gasteiger partial charge in [0.05, 0.1) is 0 Å². The van der Waals surface area contributed by atoms with E-state index >= 15 is 0 Å². The monoisotopic (exact) mass is 277 g/mol. The van der Waals surface area contributed by atoms with Gasteiger partial charge in [0.15, 0.2) is 0 Å². The van der Waals surface area contributed by atoms with Gasteiger partial charge in [-0.15, -0.1) is 0 Å². The highest BCUT2D eigenvalue weighted by molar-refractivity contribution is 5.78. The molecule has 2 aromatic rings. The fourth-order valence-electron chi connectivity index (χ4n) is 3.79. The molecule has 1 heteroatoms. The predicted octanol–water partition coefficient (Wildman–Crippen LogP) is 5.10. The molecular weight excluding hydrogens is 254 g/mol. The highest BCUT2D eigenvalue weighted by Crippen LogP contribution is 2.39. The van der Waals surface area contributed by atoms with Crippen LogP contribution < -0.4 is 5.32 Å². The summed E-state index contributed by atoms with van der Waals surface area (Å²) in [5.41, 5.74) is 7.08. The van der Waals surface area contributed by atoms with Gasteiger partial charge in [-0.2, -0.15) is 0 Å². The first-order chi connectivity index (χ1) is 10.2. The third-order valence-electron chi connectivity index (χ3n) is 5.28. The van der Waals surface area contributed by atoms with E-state index in [1.807, 2.05) is 0 Å². The summed E-state index contributed by atoms with van der Waals surface area (Å²) >= 11 is 0. The van der Waals surface area contributed by atoms with Crippen LogP contribution in [0.4, 0.5) is 5.69 Å². The standard InChI is InChI=1S/C20H23N/c1-13(2)15-10-18(11-15)21-17-7-8-20-16(12-17)9-14-5-3-4-6-19(14)20/h3-8,12-13,15,18,21H,9-11H2,1-2H3. The molecule has 0 heterocycles. The van der Waals surface area contributed by atoms with Crippen molar-refractivity contribution in [2.24, 2.45) is 11.8 Å². The molecule has 1 fully saturated rings. The lowest BCUT2D eigenvalue weighted by Crippen LogP contribution is -2.37. The summed E-state index contributed by atoms with van der Waals surface area (Å²) in [6, 6.07) is 16.4. The van der Waals surface area contributed by atoms with E-state index in [2.05, 4.69) is 61.6 Å². The lowest BCUT2D eigenvalue weighted by molar-refractivity contribution is 0.212. The fraction of sp³-hybridized carbons (Fsp3) is 0.400. The molecular formula is C20H23N. The average molecular weight is 277 g/mol. The Morgan fingerprint density at radius 3 is 2.52 bits per heavy atom. The largest absolute Gasteiger partial charge is 0.382 e. The van der Waals surface area contributed by atoms with Gasteiger partial charge in [0.2, 0.25) is 0 Å². The molecule has 0 radical (unpaired) electrons. The first-order valence-corrected chi connectivity index (χ1v) is 8.18. The van der Waals surface area contributed by atoms with Crippen molar-refractivity contribution in [3.63, 3.8) is 0 Å². The number of hydrogen-bond donors (Lipinski definition) is 1.